The zero-order chi connectivity index (χ0) is 21.3. The number of fused-ring (bicyclic) bond motifs is 1. The average molecular weight is 420 g/mol. The molecule has 2 aromatic carbocycles. The van der Waals surface area contributed by atoms with E-state index in [1.54, 1.807) is 12.1 Å². The number of anilines is 1. The van der Waals surface area contributed by atoms with Crippen LogP contribution in [0.5, 0.6) is 11.5 Å². The number of carbonyl (C=O) groups is 1. The van der Waals surface area contributed by atoms with E-state index in [4.69, 9.17) is 9.47 Å². The largest absolute Gasteiger partial charge is 0.454 e. The van der Waals surface area contributed by atoms with Crippen LogP contribution in [-0.4, -0.2) is 30.7 Å². The number of hydrogen-bond acceptors (Lipinski definition) is 4. The van der Waals surface area contributed by atoms with Crippen LogP contribution in [-0.2, 0) is 12.7 Å². The van der Waals surface area contributed by atoms with E-state index in [9.17, 15) is 18.0 Å². The van der Waals surface area contributed by atoms with Gasteiger partial charge < -0.3 is 14.8 Å². The van der Waals surface area contributed by atoms with Crippen LogP contribution in [0.15, 0.2) is 36.4 Å². The highest BCUT2D eigenvalue weighted by molar-refractivity contribution is 6.04. The Hall–Kier alpha value is -2.74. The lowest BCUT2D eigenvalue weighted by atomic mass is 9.98. The van der Waals surface area contributed by atoms with E-state index in [0.717, 1.165) is 32.0 Å². The third kappa shape index (κ3) is 4.53. The number of piperidine rings is 1. The van der Waals surface area contributed by atoms with Crippen molar-refractivity contribution in [3.05, 3.63) is 53.1 Å². The van der Waals surface area contributed by atoms with E-state index >= 15 is 0 Å². The van der Waals surface area contributed by atoms with Crippen LogP contribution in [0.4, 0.5) is 18.9 Å². The molecule has 8 heteroatoms. The topological polar surface area (TPSA) is 50.8 Å². The van der Waals surface area contributed by atoms with E-state index < -0.39 is 17.6 Å². The maximum Gasteiger partial charge on any atom is 0.416 e. The molecule has 1 amide bonds. The highest BCUT2D eigenvalue weighted by Crippen LogP contribution is 2.36. The van der Waals surface area contributed by atoms with E-state index in [-0.39, 0.29) is 30.2 Å². The SMILES string of the molecule is CC1CCCN(Cc2ccc(NC(=O)c3ccc4c(c3)OCO4)cc2C(F)(F)F)C1. The second-order valence-corrected chi connectivity index (χ2v) is 7.87. The Labute approximate surface area is 172 Å². The van der Waals surface area contributed by atoms with Crippen LogP contribution in [0, 0.1) is 5.92 Å². The third-order valence-corrected chi connectivity index (χ3v) is 5.44. The highest BCUT2D eigenvalue weighted by atomic mass is 19.4. The molecule has 30 heavy (non-hydrogen) atoms. The van der Waals surface area contributed by atoms with Gasteiger partial charge >= 0.3 is 6.18 Å². The minimum atomic E-state index is -4.50. The van der Waals surface area contributed by atoms with Crippen molar-refractivity contribution in [2.24, 2.45) is 5.92 Å². The number of ether oxygens (including phenoxy) is 2. The zero-order valence-corrected chi connectivity index (χ0v) is 16.6. The molecule has 2 aromatic rings. The number of likely N-dealkylation sites (tertiary alicyclic amines) is 1. The van der Waals surface area contributed by atoms with Gasteiger partial charge in [0.2, 0.25) is 6.79 Å². The minimum absolute atomic E-state index is 0.0760. The van der Waals surface area contributed by atoms with Gasteiger partial charge in [-0.05, 0) is 61.2 Å². The summed E-state index contributed by atoms with van der Waals surface area (Å²) in [6.45, 7) is 4.03. The van der Waals surface area contributed by atoms with Gasteiger partial charge in [0.15, 0.2) is 11.5 Å². The van der Waals surface area contributed by atoms with Gasteiger partial charge in [0.05, 0.1) is 5.56 Å². The second-order valence-electron chi connectivity index (χ2n) is 7.87. The molecule has 4 rings (SSSR count). The first-order valence-corrected chi connectivity index (χ1v) is 9.93. The maximum atomic E-state index is 13.7. The summed E-state index contributed by atoms with van der Waals surface area (Å²) in [5.74, 6) is 0.930. The third-order valence-electron chi connectivity index (χ3n) is 5.44. The molecular formula is C22H23F3N2O3. The molecule has 1 fully saturated rings. The summed E-state index contributed by atoms with van der Waals surface area (Å²) in [4.78, 5) is 14.6. The van der Waals surface area contributed by atoms with Crippen molar-refractivity contribution in [1.82, 2.24) is 4.90 Å². The molecule has 0 radical (unpaired) electrons. The van der Waals surface area contributed by atoms with Crippen molar-refractivity contribution in [2.45, 2.75) is 32.5 Å². The normalized spacial score (nSPS) is 19.0. The van der Waals surface area contributed by atoms with Gasteiger partial charge in [0, 0.05) is 24.3 Å². The van der Waals surface area contributed by atoms with Gasteiger partial charge in [-0.1, -0.05) is 13.0 Å². The van der Waals surface area contributed by atoms with Crippen molar-refractivity contribution in [2.75, 3.05) is 25.2 Å². The molecule has 2 aliphatic rings. The quantitative estimate of drug-likeness (QED) is 0.763. The Morgan fingerprint density at radius 1 is 1.17 bits per heavy atom. The number of alkyl halides is 3. The summed E-state index contributed by atoms with van der Waals surface area (Å²) in [5, 5.41) is 2.55. The van der Waals surface area contributed by atoms with Gasteiger partial charge in [-0.3, -0.25) is 9.69 Å². The lowest BCUT2D eigenvalue weighted by molar-refractivity contribution is -0.138. The smallest absolute Gasteiger partial charge is 0.416 e. The molecule has 0 aromatic heterocycles. The van der Waals surface area contributed by atoms with Crippen LogP contribution >= 0.6 is 0 Å². The van der Waals surface area contributed by atoms with Gasteiger partial charge in [-0.2, -0.15) is 13.2 Å². The van der Waals surface area contributed by atoms with Crippen molar-refractivity contribution < 1.29 is 27.4 Å². The van der Waals surface area contributed by atoms with Gasteiger partial charge in [-0.25, -0.2) is 0 Å². The Morgan fingerprint density at radius 2 is 1.97 bits per heavy atom. The first kappa shape index (κ1) is 20.5. The fraction of sp³-hybridized carbons (Fsp3) is 0.409. The zero-order valence-electron chi connectivity index (χ0n) is 16.6. The standard InChI is InChI=1S/C22H23F3N2O3/c1-14-3-2-8-27(11-14)12-16-4-6-17(10-18(16)22(23,24)25)26-21(28)15-5-7-19-20(9-15)30-13-29-19/h4-7,9-10,14H,2-3,8,11-13H2,1H3,(H,26,28). The summed E-state index contributed by atoms with van der Waals surface area (Å²) in [6, 6.07) is 8.63. The number of halogens is 3. The molecule has 1 unspecified atom stereocenters. The van der Waals surface area contributed by atoms with Crippen LogP contribution in [0.25, 0.3) is 0 Å². The summed E-state index contributed by atoms with van der Waals surface area (Å²) in [7, 11) is 0. The first-order chi connectivity index (χ1) is 14.3. The fourth-order valence-corrected chi connectivity index (χ4v) is 3.97. The van der Waals surface area contributed by atoms with Crippen molar-refractivity contribution in [3.8, 4) is 11.5 Å². The molecule has 160 valence electrons. The molecule has 5 nitrogen and oxygen atoms in total. The summed E-state index contributed by atoms with van der Waals surface area (Å²) < 4.78 is 51.6. The van der Waals surface area contributed by atoms with Crippen LogP contribution in [0.1, 0.15) is 41.3 Å². The average Bonchev–Trinajstić information content (AvgIpc) is 3.16. The van der Waals surface area contributed by atoms with Crippen molar-refractivity contribution in [3.63, 3.8) is 0 Å². The second kappa shape index (κ2) is 8.18. The van der Waals surface area contributed by atoms with E-state index in [1.165, 1.54) is 18.2 Å². The molecule has 1 N–H and O–H groups in total. The molecule has 1 saturated heterocycles. The van der Waals surface area contributed by atoms with Crippen LogP contribution in [0.2, 0.25) is 0 Å². The predicted molar refractivity (Wildman–Crippen MR) is 106 cm³/mol. The monoisotopic (exact) mass is 420 g/mol. The Morgan fingerprint density at radius 3 is 2.73 bits per heavy atom. The molecule has 0 bridgehead atoms. The summed E-state index contributed by atoms with van der Waals surface area (Å²) in [6.07, 6.45) is -2.41. The number of benzene rings is 2. The van der Waals surface area contributed by atoms with E-state index in [0.29, 0.717) is 17.4 Å². The molecule has 2 aliphatic heterocycles. The van der Waals surface area contributed by atoms with E-state index in [1.807, 2.05) is 0 Å². The van der Waals surface area contributed by atoms with Gasteiger partial charge in [-0.15, -0.1) is 0 Å². The number of nitrogens with zero attached hydrogens (tertiary/aromatic N) is 1. The Bertz CT molecular complexity index is 946. The number of hydrogen-bond donors (Lipinski definition) is 1. The van der Waals surface area contributed by atoms with Gasteiger partial charge in [0.25, 0.3) is 5.91 Å². The highest BCUT2D eigenvalue weighted by Gasteiger charge is 2.34. The Kier molecular flexibility index (Phi) is 5.60. The van der Waals surface area contributed by atoms with Crippen molar-refractivity contribution in [1.29, 1.82) is 0 Å². The molecular weight excluding hydrogens is 397 g/mol. The van der Waals surface area contributed by atoms with Crippen LogP contribution < -0.4 is 14.8 Å². The molecule has 0 aliphatic carbocycles. The van der Waals surface area contributed by atoms with Crippen molar-refractivity contribution >= 4 is 11.6 Å². The number of amides is 1. The number of rotatable bonds is 4. The van der Waals surface area contributed by atoms with E-state index in [2.05, 4.69) is 17.1 Å². The number of carbonyl (C=O) groups excluding carboxylic acids is 1. The fourth-order valence-electron chi connectivity index (χ4n) is 3.97. The summed E-state index contributed by atoms with van der Waals surface area (Å²) >= 11 is 0. The van der Waals surface area contributed by atoms with Gasteiger partial charge in [0.1, 0.15) is 0 Å². The minimum Gasteiger partial charge on any atom is -0.454 e. The molecule has 1 atom stereocenters. The molecule has 0 spiro atoms. The van der Waals surface area contributed by atoms with Crippen LogP contribution in [0.3, 0.4) is 0 Å². The molecule has 2 heterocycles. The molecule has 0 saturated carbocycles. The maximum absolute atomic E-state index is 13.7. The summed E-state index contributed by atoms with van der Waals surface area (Å²) in [5.41, 5.74) is -0.123. The first-order valence-electron chi connectivity index (χ1n) is 9.93. The number of nitrogens with one attached hydrogen (secondary N) is 1. The predicted octanol–water partition coefficient (Wildman–Crippen LogP) is 4.92. The lowest BCUT2D eigenvalue weighted by Crippen LogP contribution is -2.34. The Balaban J connectivity index is 1.53. The lowest BCUT2D eigenvalue weighted by Gasteiger charge is -2.31.